The molecule has 0 spiro atoms. The van der Waals surface area contributed by atoms with Crippen molar-refractivity contribution in [1.29, 1.82) is 0 Å². The van der Waals surface area contributed by atoms with Gasteiger partial charge in [0.2, 0.25) is 0 Å². The van der Waals surface area contributed by atoms with E-state index in [9.17, 15) is 9.59 Å². The van der Waals surface area contributed by atoms with Crippen LogP contribution in [0.3, 0.4) is 0 Å². The van der Waals surface area contributed by atoms with Crippen LogP contribution in [-0.2, 0) is 0 Å². The number of hydrogen-bond acceptors (Lipinski definition) is 4. The number of carbonyl (C=O) groups excluding carboxylic acids is 2. The van der Waals surface area contributed by atoms with Crippen molar-refractivity contribution in [2.45, 2.75) is 25.4 Å². The van der Waals surface area contributed by atoms with Crippen LogP contribution < -0.4 is 9.80 Å². The molecule has 4 aromatic rings. The molecule has 0 fully saturated rings. The standard InChI is InChI=1S/C26H22N2O3S/c1-18-17-22(28(19-9-3-2-4-10-19)26(30)24-14-8-16-32-24)20-11-5-6-12-21(20)27(18)25(29)23-13-7-15-31-23/h2-16,18,22H,17H2,1H3/t18-,22+/m0/s1. The van der Waals surface area contributed by atoms with Gasteiger partial charge in [-0.2, -0.15) is 0 Å². The number of nitrogens with zero attached hydrogens (tertiary/aromatic N) is 2. The van der Waals surface area contributed by atoms with E-state index in [1.54, 1.807) is 17.0 Å². The largest absolute Gasteiger partial charge is 0.459 e. The highest BCUT2D eigenvalue weighted by Gasteiger charge is 2.39. The zero-order valence-electron chi connectivity index (χ0n) is 17.5. The summed E-state index contributed by atoms with van der Waals surface area (Å²) in [7, 11) is 0. The fourth-order valence-corrected chi connectivity index (χ4v) is 5.06. The number of carbonyl (C=O) groups is 2. The monoisotopic (exact) mass is 442 g/mol. The Morgan fingerprint density at radius 1 is 0.969 bits per heavy atom. The van der Waals surface area contributed by atoms with Crippen LogP contribution >= 0.6 is 11.3 Å². The Labute approximate surface area is 190 Å². The number of para-hydroxylation sites is 2. The minimum Gasteiger partial charge on any atom is -0.459 e. The van der Waals surface area contributed by atoms with Crippen LogP contribution in [0.5, 0.6) is 0 Å². The summed E-state index contributed by atoms with van der Waals surface area (Å²) in [5.41, 5.74) is 2.58. The topological polar surface area (TPSA) is 53.8 Å². The number of amides is 2. The van der Waals surface area contributed by atoms with Gasteiger partial charge in [-0.3, -0.25) is 9.59 Å². The van der Waals surface area contributed by atoms with Crippen molar-refractivity contribution < 1.29 is 14.0 Å². The van der Waals surface area contributed by atoms with Gasteiger partial charge in [-0.15, -0.1) is 11.3 Å². The summed E-state index contributed by atoms with van der Waals surface area (Å²) in [6, 6.07) is 24.4. The Balaban J connectivity index is 1.61. The number of hydrogen-bond donors (Lipinski definition) is 0. The summed E-state index contributed by atoms with van der Waals surface area (Å²) in [6.07, 6.45) is 2.11. The molecular weight excluding hydrogens is 420 g/mol. The number of thiophene rings is 1. The number of furan rings is 1. The molecule has 0 unspecified atom stereocenters. The summed E-state index contributed by atoms with van der Waals surface area (Å²) in [5.74, 6) is 0.0907. The van der Waals surface area contributed by atoms with E-state index >= 15 is 0 Å². The lowest BCUT2D eigenvalue weighted by Crippen LogP contribution is -2.47. The lowest BCUT2D eigenvalue weighted by molar-refractivity contribution is 0.0944. The van der Waals surface area contributed by atoms with Crippen molar-refractivity contribution in [1.82, 2.24) is 0 Å². The fraction of sp³-hybridized carbons (Fsp3) is 0.154. The van der Waals surface area contributed by atoms with Crippen molar-refractivity contribution >= 4 is 34.5 Å². The average molecular weight is 443 g/mol. The summed E-state index contributed by atoms with van der Waals surface area (Å²) < 4.78 is 5.39. The van der Waals surface area contributed by atoms with E-state index in [-0.39, 0.29) is 23.9 Å². The van der Waals surface area contributed by atoms with E-state index in [4.69, 9.17) is 4.42 Å². The van der Waals surface area contributed by atoms with Crippen molar-refractivity contribution in [3.05, 3.63) is 107 Å². The molecule has 1 aliphatic rings. The van der Waals surface area contributed by atoms with Crippen LogP contribution in [-0.4, -0.2) is 17.9 Å². The Bertz CT molecular complexity index is 1220. The molecule has 5 rings (SSSR count). The molecule has 2 aromatic carbocycles. The maximum absolute atomic E-state index is 13.7. The van der Waals surface area contributed by atoms with Gasteiger partial charge in [-0.1, -0.05) is 42.5 Å². The minimum absolute atomic E-state index is 0.0379. The van der Waals surface area contributed by atoms with Crippen LogP contribution in [0, 0.1) is 0 Å². The first-order valence-electron chi connectivity index (χ1n) is 10.5. The third kappa shape index (κ3) is 3.52. The van der Waals surface area contributed by atoms with Crippen molar-refractivity contribution in [2.24, 2.45) is 0 Å². The molecule has 2 atom stereocenters. The molecule has 2 amide bonds. The Morgan fingerprint density at radius 2 is 1.75 bits per heavy atom. The molecule has 6 heteroatoms. The second-order valence-electron chi connectivity index (χ2n) is 7.80. The number of benzene rings is 2. The zero-order valence-corrected chi connectivity index (χ0v) is 18.4. The molecule has 160 valence electrons. The molecule has 32 heavy (non-hydrogen) atoms. The van der Waals surface area contributed by atoms with Gasteiger partial charge in [-0.05, 0) is 60.7 Å². The van der Waals surface area contributed by atoms with Gasteiger partial charge < -0.3 is 14.2 Å². The first-order chi connectivity index (χ1) is 15.6. The van der Waals surface area contributed by atoms with Gasteiger partial charge in [0.15, 0.2) is 5.76 Å². The van der Waals surface area contributed by atoms with Crippen molar-refractivity contribution in [2.75, 3.05) is 9.80 Å². The van der Waals surface area contributed by atoms with Gasteiger partial charge in [0.25, 0.3) is 11.8 Å². The summed E-state index contributed by atoms with van der Waals surface area (Å²) >= 11 is 1.44. The highest BCUT2D eigenvalue weighted by Crippen LogP contribution is 2.43. The maximum Gasteiger partial charge on any atom is 0.294 e. The Kier molecular flexibility index (Phi) is 5.37. The van der Waals surface area contributed by atoms with Gasteiger partial charge in [0.1, 0.15) is 0 Å². The first kappa shape index (κ1) is 20.3. The predicted octanol–water partition coefficient (Wildman–Crippen LogP) is 6.17. The summed E-state index contributed by atoms with van der Waals surface area (Å²) in [4.78, 5) is 31.3. The van der Waals surface area contributed by atoms with Crippen molar-refractivity contribution in [3.63, 3.8) is 0 Å². The summed E-state index contributed by atoms with van der Waals surface area (Å²) in [5, 5.41) is 1.91. The van der Waals surface area contributed by atoms with Gasteiger partial charge in [-0.25, -0.2) is 0 Å². The molecule has 0 aliphatic carbocycles. The number of rotatable bonds is 4. The van der Waals surface area contributed by atoms with E-state index in [0.717, 1.165) is 16.9 Å². The highest BCUT2D eigenvalue weighted by molar-refractivity contribution is 7.12. The third-order valence-corrected chi connectivity index (χ3v) is 6.67. The van der Waals surface area contributed by atoms with E-state index in [2.05, 4.69) is 0 Å². The Morgan fingerprint density at radius 3 is 2.47 bits per heavy atom. The highest BCUT2D eigenvalue weighted by atomic mass is 32.1. The molecule has 0 radical (unpaired) electrons. The minimum atomic E-state index is -0.209. The van der Waals surface area contributed by atoms with Gasteiger partial charge >= 0.3 is 0 Å². The van der Waals surface area contributed by atoms with E-state index in [0.29, 0.717) is 17.1 Å². The normalized spacial score (nSPS) is 17.6. The molecular formula is C26H22N2O3S. The first-order valence-corrected chi connectivity index (χ1v) is 11.4. The molecule has 5 nitrogen and oxygen atoms in total. The fourth-order valence-electron chi connectivity index (χ4n) is 4.40. The zero-order chi connectivity index (χ0) is 22.1. The van der Waals surface area contributed by atoms with Crippen LogP contribution in [0.1, 0.15) is 45.2 Å². The SMILES string of the molecule is C[C@H]1C[C@@H](N(C(=O)c2cccs2)c2ccccc2)c2ccccc2N1C(=O)c1ccco1. The molecule has 0 N–H and O–H groups in total. The van der Waals surface area contributed by atoms with E-state index in [1.165, 1.54) is 17.6 Å². The van der Waals surface area contributed by atoms with Crippen LogP contribution in [0.25, 0.3) is 0 Å². The average Bonchev–Trinajstić information content (AvgIpc) is 3.54. The smallest absolute Gasteiger partial charge is 0.294 e. The number of anilines is 2. The molecule has 2 aromatic heterocycles. The quantitative estimate of drug-likeness (QED) is 0.380. The lowest BCUT2D eigenvalue weighted by atomic mass is 9.89. The van der Waals surface area contributed by atoms with Crippen LogP contribution in [0.4, 0.5) is 11.4 Å². The third-order valence-electron chi connectivity index (χ3n) is 5.81. The van der Waals surface area contributed by atoms with Crippen molar-refractivity contribution in [3.8, 4) is 0 Å². The lowest BCUT2D eigenvalue weighted by Gasteiger charge is -2.43. The molecule has 0 saturated carbocycles. The van der Waals surface area contributed by atoms with E-state index in [1.807, 2.05) is 83.9 Å². The second-order valence-corrected chi connectivity index (χ2v) is 8.75. The number of fused-ring (bicyclic) bond motifs is 1. The summed E-state index contributed by atoms with van der Waals surface area (Å²) in [6.45, 7) is 2.02. The second kappa shape index (κ2) is 8.48. The Hall–Kier alpha value is -3.64. The molecule has 1 aliphatic heterocycles. The molecule has 0 saturated heterocycles. The molecule has 3 heterocycles. The maximum atomic E-state index is 13.7. The van der Waals surface area contributed by atoms with Crippen LogP contribution in [0.15, 0.2) is 94.9 Å². The van der Waals surface area contributed by atoms with Gasteiger partial charge in [0.05, 0.1) is 17.2 Å². The predicted molar refractivity (Wildman–Crippen MR) is 126 cm³/mol. The molecule has 0 bridgehead atoms. The van der Waals surface area contributed by atoms with Gasteiger partial charge in [0, 0.05) is 17.4 Å². The van der Waals surface area contributed by atoms with Crippen LogP contribution in [0.2, 0.25) is 0 Å². The van der Waals surface area contributed by atoms with E-state index < -0.39 is 0 Å².